The van der Waals surface area contributed by atoms with Crippen LogP contribution in [0.5, 0.6) is 0 Å². The molecule has 108 valence electrons. The van der Waals surface area contributed by atoms with E-state index in [1.807, 2.05) is 31.2 Å². The van der Waals surface area contributed by atoms with Gasteiger partial charge in [-0.3, -0.25) is 10.2 Å². The lowest BCUT2D eigenvalue weighted by molar-refractivity contribution is 0.0905. The number of hydrogen-bond acceptors (Lipinski definition) is 3. The summed E-state index contributed by atoms with van der Waals surface area (Å²) in [5.41, 5.74) is 6.92. The summed E-state index contributed by atoms with van der Waals surface area (Å²) in [6, 6.07) is 16.2. The first-order chi connectivity index (χ1) is 10.1. The molecule has 21 heavy (non-hydrogen) atoms. The number of amides is 2. The summed E-state index contributed by atoms with van der Waals surface area (Å²) < 4.78 is 5.00. The van der Waals surface area contributed by atoms with Crippen molar-refractivity contribution in [3.8, 4) is 0 Å². The van der Waals surface area contributed by atoms with Gasteiger partial charge < -0.3 is 4.74 Å². The first kappa shape index (κ1) is 14.6. The summed E-state index contributed by atoms with van der Waals surface area (Å²) in [5, 5.41) is 0. The molecule has 2 rings (SSSR count). The number of carbonyl (C=O) groups is 2. The first-order valence-electron chi connectivity index (χ1n) is 6.49. The van der Waals surface area contributed by atoms with Crippen molar-refractivity contribution in [3.05, 3.63) is 71.3 Å². The summed E-state index contributed by atoms with van der Waals surface area (Å²) >= 11 is 0. The standard InChI is InChI=1S/C16H16N2O3/c1-12-6-5-7-13(10-12)11-21-16(20)18-17-15(19)14-8-3-2-4-9-14/h2-10H,11H2,1H3,(H,17,19)(H,18,20). The van der Waals surface area contributed by atoms with E-state index in [4.69, 9.17) is 4.74 Å². The van der Waals surface area contributed by atoms with Crippen LogP contribution < -0.4 is 10.9 Å². The minimum absolute atomic E-state index is 0.148. The van der Waals surface area contributed by atoms with Crippen LogP contribution in [-0.2, 0) is 11.3 Å². The van der Waals surface area contributed by atoms with E-state index in [2.05, 4.69) is 10.9 Å². The van der Waals surface area contributed by atoms with Crippen molar-refractivity contribution < 1.29 is 14.3 Å². The van der Waals surface area contributed by atoms with Crippen molar-refractivity contribution in [1.82, 2.24) is 10.9 Å². The number of benzene rings is 2. The second-order valence-corrected chi connectivity index (χ2v) is 4.51. The fourth-order valence-electron chi connectivity index (χ4n) is 1.76. The second-order valence-electron chi connectivity index (χ2n) is 4.51. The predicted octanol–water partition coefficient (Wildman–Crippen LogP) is 2.57. The molecule has 0 saturated heterocycles. The summed E-state index contributed by atoms with van der Waals surface area (Å²) in [4.78, 5) is 23.2. The van der Waals surface area contributed by atoms with Crippen LogP contribution in [-0.4, -0.2) is 12.0 Å². The van der Waals surface area contributed by atoms with Crippen molar-refractivity contribution in [2.45, 2.75) is 13.5 Å². The molecule has 5 heteroatoms. The summed E-state index contributed by atoms with van der Waals surface area (Å²) in [6.07, 6.45) is -0.708. The first-order valence-corrected chi connectivity index (χ1v) is 6.49. The van der Waals surface area contributed by atoms with Gasteiger partial charge in [-0.1, -0.05) is 48.0 Å². The highest BCUT2D eigenvalue weighted by molar-refractivity contribution is 5.94. The molecule has 2 aromatic rings. The fraction of sp³-hybridized carbons (Fsp3) is 0.125. The van der Waals surface area contributed by atoms with Gasteiger partial charge in [-0.15, -0.1) is 0 Å². The minimum atomic E-state index is -0.708. The molecule has 0 aliphatic heterocycles. The van der Waals surface area contributed by atoms with Gasteiger partial charge in [0, 0.05) is 5.56 Å². The van der Waals surface area contributed by atoms with E-state index in [0.717, 1.165) is 11.1 Å². The smallest absolute Gasteiger partial charge is 0.426 e. The van der Waals surface area contributed by atoms with E-state index in [-0.39, 0.29) is 6.61 Å². The Hall–Kier alpha value is -2.82. The number of aryl methyl sites for hydroxylation is 1. The third kappa shape index (κ3) is 4.65. The van der Waals surface area contributed by atoms with Crippen LogP contribution in [0.4, 0.5) is 4.79 Å². The molecule has 2 amide bonds. The average Bonchev–Trinajstić information content (AvgIpc) is 2.51. The van der Waals surface area contributed by atoms with Crippen LogP contribution in [0.3, 0.4) is 0 Å². The molecular weight excluding hydrogens is 268 g/mol. The highest BCUT2D eigenvalue weighted by atomic mass is 16.6. The molecule has 0 spiro atoms. The van der Waals surface area contributed by atoms with Gasteiger partial charge in [0.15, 0.2) is 0 Å². The molecule has 0 radical (unpaired) electrons. The molecule has 2 N–H and O–H groups in total. The van der Waals surface area contributed by atoms with Crippen molar-refractivity contribution in [2.24, 2.45) is 0 Å². The molecule has 0 atom stereocenters. The van der Waals surface area contributed by atoms with Crippen molar-refractivity contribution in [1.29, 1.82) is 0 Å². The Bertz CT molecular complexity index is 626. The molecule has 0 aliphatic rings. The van der Waals surface area contributed by atoms with Crippen molar-refractivity contribution >= 4 is 12.0 Å². The zero-order valence-corrected chi connectivity index (χ0v) is 11.6. The van der Waals surface area contributed by atoms with Crippen LogP contribution >= 0.6 is 0 Å². The Morgan fingerprint density at radius 3 is 2.48 bits per heavy atom. The Labute approximate surface area is 122 Å². The molecule has 0 heterocycles. The zero-order valence-electron chi connectivity index (χ0n) is 11.6. The van der Waals surface area contributed by atoms with Gasteiger partial charge in [-0.25, -0.2) is 10.2 Å². The Kier molecular flexibility index (Phi) is 4.93. The van der Waals surface area contributed by atoms with E-state index >= 15 is 0 Å². The monoisotopic (exact) mass is 284 g/mol. The number of hydrazine groups is 1. The lowest BCUT2D eigenvalue weighted by atomic mass is 10.1. The molecule has 2 aromatic carbocycles. The van der Waals surface area contributed by atoms with E-state index < -0.39 is 12.0 Å². The quantitative estimate of drug-likeness (QED) is 0.851. The molecule has 0 unspecified atom stereocenters. The fourth-order valence-corrected chi connectivity index (χ4v) is 1.76. The largest absolute Gasteiger partial charge is 0.443 e. The Balaban J connectivity index is 1.76. The second kappa shape index (κ2) is 7.09. The van der Waals surface area contributed by atoms with E-state index in [0.29, 0.717) is 5.56 Å². The van der Waals surface area contributed by atoms with Crippen LogP contribution in [0.1, 0.15) is 21.5 Å². The summed E-state index contributed by atoms with van der Waals surface area (Å²) in [6.45, 7) is 2.11. The van der Waals surface area contributed by atoms with Gasteiger partial charge in [0.2, 0.25) is 0 Å². The maximum Gasteiger partial charge on any atom is 0.426 e. The normalized spacial score (nSPS) is 9.76. The molecule has 0 fully saturated rings. The Morgan fingerprint density at radius 2 is 1.76 bits per heavy atom. The van der Waals surface area contributed by atoms with Gasteiger partial charge in [0.05, 0.1) is 0 Å². The van der Waals surface area contributed by atoms with Crippen LogP contribution in [0.25, 0.3) is 0 Å². The van der Waals surface area contributed by atoms with Crippen LogP contribution in [0.2, 0.25) is 0 Å². The lowest BCUT2D eigenvalue weighted by Gasteiger charge is -2.08. The molecule has 0 aliphatic carbocycles. The van der Waals surface area contributed by atoms with Crippen molar-refractivity contribution in [2.75, 3.05) is 0 Å². The van der Waals surface area contributed by atoms with Gasteiger partial charge in [-0.05, 0) is 24.6 Å². The van der Waals surface area contributed by atoms with E-state index in [1.54, 1.807) is 30.3 Å². The number of nitrogens with one attached hydrogen (secondary N) is 2. The minimum Gasteiger partial charge on any atom is -0.443 e. The van der Waals surface area contributed by atoms with Gasteiger partial charge in [-0.2, -0.15) is 0 Å². The lowest BCUT2D eigenvalue weighted by Crippen LogP contribution is -2.41. The summed E-state index contributed by atoms with van der Waals surface area (Å²) in [7, 11) is 0. The molecular formula is C16H16N2O3. The molecule has 0 bridgehead atoms. The highest BCUT2D eigenvalue weighted by Gasteiger charge is 2.07. The maximum absolute atomic E-state index is 11.7. The van der Waals surface area contributed by atoms with E-state index in [1.165, 1.54) is 0 Å². The average molecular weight is 284 g/mol. The van der Waals surface area contributed by atoms with Crippen molar-refractivity contribution in [3.63, 3.8) is 0 Å². The van der Waals surface area contributed by atoms with Gasteiger partial charge in [0.25, 0.3) is 5.91 Å². The van der Waals surface area contributed by atoms with E-state index in [9.17, 15) is 9.59 Å². The van der Waals surface area contributed by atoms with Crippen LogP contribution in [0.15, 0.2) is 54.6 Å². The number of rotatable bonds is 3. The number of carbonyl (C=O) groups excluding carboxylic acids is 2. The molecule has 5 nitrogen and oxygen atoms in total. The Morgan fingerprint density at radius 1 is 1.00 bits per heavy atom. The number of hydrogen-bond donors (Lipinski definition) is 2. The molecule has 0 aromatic heterocycles. The van der Waals surface area contributed by atoms with Gasteiger partial charge in [0.1, 0.15) is 6.61 Å². The highest BCUT2D eigenvalue weighted by Crippen LogP contribution is 2.05. The van der Waals surface area contributed by atoms with Gasteiger partial charge >= 0.3 is 6.09 Å². The third-order valence-corrected chi connectivity index (χ3v) is 2.77. The summed E-state index contributed by atoms with van der Waals surface area (Å²) in [5.74, 6) is -0.400. The zero-order chi connectivity index (χ0) is 15.1. The van der Waals surface area contributed by atoms with Crippen LogP contribution in [0, 0.1) is 6.92 Å². The predicted molar refractivity (Wildman–Crippen MR) is 78.4 cm³/mol. The third-order valence-electron chi connectivity index (χ3n) is 2.77. The maximum atomic E-state index is 11.7. The number of ether oxygens (including phenoxy) is 1. The topological polar surface area (TPSA) is 67.4 Å². The SMILES string of the molecule is Cc1cccc(COC(=O)NNC(=O)c2ccccc2)c1. The molecule has 0 saturated carbocycles.